The van der Waals surface area contributed by atoms with Gasteiger partial charge in [0, 0.05) is 37.9 Å². The van der Waals surface area contributed by atoms with Crippen molar-refractivity contribution < 1.29 is 14.0 Å². The second kappa shape index (κ2) is 10.1. The first-order valence-electron chi connectivity index (χ1n) is 11.8. The monoisotopic (exact) mass is 430 g/mol. The minimum Gasteiger partial charge on any atom is -0.369 e. The number of hydrogen-bond acceptors (Lipinski definition) is 5. The predicted molar refractivity (Wildman–Crippen MR) is 119 cm³/mol. The van der Waals surface area contributed by atoms with Gasteiger partial charge >= 0.3 is 0 Å². The van der Waals surface area contributed by atoms with Crippen LogP contribution >= 0.6 is 0 Å². The molecule has 0 atom stereocenters. The van der Waals surface area contributed by atoms with Crippen molar-refractivity contribution in [3.05, 3.63) is 29.6 Å². The molecule has 1 aliphatic carbocycles. The van der Waals surface area contributed by atoms with Gasteiger partial charge in [0.25, 0.3) is 0 Å². The third-order valence-electron chi connectivity index (χ3n) is 7.30. The summed E-state index contributed by atoms with van der Waals surface area (Å²) in [4.78, 5) is 25.4. The van der Waals surface area contributed by atoms with E-state index in [1.54, 1.807) is 0 Å². The molecule has 3 aliphatic rings. The standard InChI is InChI=1S/C24H35FN4O2/c25-21-11-18(19-12-23(30)28-24(31)13-19)3-6-22(21)29-9-7-17(8-10-29)15-27-14-16-1-4-20(26)5-2-16/h3,6,11,16-17,19-20,27H,1-2,4-5,7-10,12-15,26H2,(H,28,30,31). The minimum absolute atomic E-state index is 0.233. The molecule has 2 aliphatic heterocycles. The summed E-state index contributed by atoms with van der Waals surface area (Å²) in [6.45, 7) is 3.83. The van der Waals surface area contributed by atoms with Crippen molar-refractivity contribution in [1.29, 1.82) is 0 Å². The van der Waals surface area contributed by atoms with Gasteiger partial charge in [-0.3, -0.25) is 14.9 Å². The highest BCUT2D eigenvalue weighted by atomic mass is 19.1. The maximum atomic E-state index is 14.9. The summed E-state index contributed by atoms with van der Waals surface area (Å²) in [6, 6.07) is 5.60. The van der Waals surface area contributed by atoms with Crippen molar-refractivity contribution in [2.24, 2.45) is 17.6 Å². The second-order valence-electron chi connectivity index (χ2n) is 9.66. The lowest BCUT2D eigenvalue weighted by molar-refractivity contribution is -0.133. The highest BCUT2D eigenvalue weighted by molar-refractivity contribution is 5.98. The van der Waals surface area contributed by atoms with Crippen LogP contribution in [0, 0.1) is 17.7 Å². The quantitative estimate of drug-likeness (QED) is 0.604. The number of rotatable bonds is 6. The molecule has 0 unspecified atom stereocenters. The summed E-state index contributed by atoms with van der Waals surface area (Å²) in [5, 5.41) is 5.97. The van der Waals surface area contributed by atoms with E-state index in [0.29, 0.717) is 17.6 Å². The second-order valence-corrected chi connectivity index (χ2v) is 9.66. The Hall–Kier alpha value is -1.99. The minimum atomic E-state index is -0.284. The molecular formula is C24H35FN4O2. The zero-order valence-corrected chi connectivity index (χ0v) is 18.2. The highest BCUT2D eigenvalue weighted by Crippen LogP contribution is 2.31. The number of benzene rings is 1. The van der Waals surface area contributed by atoms with Crippen LogP contribution in [-0.4, -0.2) is 44.0 Å². The topological polar surface area (TPSA) is 87.5 Å². The molecule has 2 amide bonds. The molecule has 2 heterocycles. The number of nitrogens with zero attached hydrogens (tertiary/aromatic N) is 1. The fourth-order valence-corrected chi connectivity index (χ4v) is 5.31. The van der Waals surface area contributed by atoms with Gasteiger partial charge in [-0.05, 0) is 81.1 Å². The summed E-state index contributed by atoms with van der Waals surface area (Å²) in [6.07, 6.45) is 7.36. The summed E-state index contributed by atoms with van der Waals surface area (Å²) >= 11 is 0. The SMILES string of the molecule is NC1CCC(CNCC2CCN(c3ccc(C4CC(=O)NC(=O)C4)cc3F)CC2)CC1. The Morgan fingerprint density at radius 2 is 1.58 bits per heavy atom. The van der Waals surface area contributed by atoms with Crippen LogP contribution in [0.5, 0.6) is 0 Å². The zero-order valence-electron chi connectivity index (χ0n) is 18.2. The number of piperidine rings is 2. The number of imide groups is 1. The van der Waals surface area contributed by atoms with Crippen LogP contribution in [0.25, 0.3) is 0 Å². The molecule has 3 fully saturated rings. The van der Waals surface area contributed by atoms with Crippen LogP contribution in [-0.2, 0) is 9.59 Å². The lowest BCUT2D eigenvalue weighted by Gasteiger charge is -2.34. The molecule has 4 N–H and O–H groups in total. The molecule has 170 valence electrons. The van der Waals surface area contributed by atoms with Crippen molar-refractivity contribution in [2.45, 2.75) is 63.3 Å². The molecule has 7 heteroatoms. The Bertz CT molecular complexity index is 770. The molecule has 0 radical (unpaired) electrons. The van der Waals surface area contributed by atoms with E-state index in [2.05, 4.69) is 15.5 Å². The molecule has 4 rings (SSSR count). The van der Waals surface area contributed by atoms with Crippen molar-refractivity contribution in [1.82, 2.24) is 10.6 Å². The molecule has 31 heavy (non-hydrogen) atoms. The summed E-state index contributed by atoms with van der Waals surface area (Å²) in [5.74, 6) is 0.334. The van der Waals surface area contributed by atoms with E-state index in [-0.39, 0.29) is 36.4 Å². The van der Waals surface area contributed by atoms with Crippen molar-refractivity contribution in [2.75, 3.05) is 31.1 Å². The van der Waals surface area contributed by atoms with Crippen LogP contribution < -0.4 is 21.3 Å². The van der Waals surface area contributed by atoms with E-state index in [0.717, 1.165) is 63.3 Å². The molecule has 1 aromatic carbocycles. The number of hydrogen-bond donors (Lipinski definition) is 3. The van der Waals surface area contributed by atoms with E-state index in [1.807, 2.05) is 12.1 Å². The van der Waals surface area contributed by atoms with Crippen LogP contribution in [0.2, 0.25) is 0 Å². The number of nitrogens with two attached hydrogens (primary N) is 1. The largest absolute Gasteiger partial charge is 0.369 e. The van der Waals surface area contributed by atoms with Gasteiger partial charge in [0.1, 0.15) is 5.82 Å². The zero-order chi connectivity index (χ0) is 21.8. The third kappa shape index (κ3) is 5.83. The number of carbonyl (C=O) groups is 2. The number of nitrogens with one attached hydrogen (secondary N) is 2. The van der Waals surface area contributed by atoms with Crippen molar-refractivity contribution in [3.63, 3.8) is 0 Å². The van der Waals surface area contributed by atoms with Crippen LogP contribution in [0.15, 0.2) is 18.2 Å². The smallest absolute Gasteiger partial charge is 0.227 e. The van der Waals surface area contributed by atoms with E-state index in [1.165, 1.54) is 18.9 Å². The maximum Gasteiger partial charge on any atom is 0.227 e. The van der Waals surface area contributed by atoms with Gasteiger partial charge in [-0.25, -0.2) is 4.39 Å². The van der Waals surface area contributed by atoms with E-state index >= 15 is 0 Å². The van der Waals surface area contributed by atoms with Crippen molar-refractivity contribution in [3.8, 4) is 0 Å². The number of anilines is 1. The third-order valence-corrected chi connectivity index (χ3v) is 7.30. The van der Waals surface area contributed by atoms with Gasteiger partial charge in [0.05, 0.1) is 5.69 Å². The Morgan fingerprint density at radius 1 is 0.968 bits per heavy atom. The van der Waals surface area contributed by atoms with Gasteiger partial charge < -0.3 is 16.0 Å². The number of halogens is 1. The van der Waals surface area contributed by atoms with Gasteiger partial charge in [0.15, 0.2) is 0 Å². The Balaban J connectivity index is 1.24. The molecule has 0 bridgehead atoms. The summed E-state index contributed by atoms with van der Waals surface area (Å²) in [5.41, 5.74) is 7.34. The first kappa shape index (κ1) is 22.2. The normalized spacial score (nSPS) is 26.2. The average Bonchev–Trinajstić information content (AvgIpc) is 2.75. The van der Waals surface area contributed by atoms with Crippen molar-refractivity contribution >= 4 is 17.5 Å². The first-order chi connectivity index (χ1) is 15.0. The van der Waals surface area contributed by atoms with Gasteiger partial charge in [0.2, 0.25) is 11.8 Å². The first-order valence-corrected chi connectivity index (χ1v) is 11.8. The molecular weight excluding hydrogens is 395 g/mol. The molecule has 1 aromatic rings. The number of amides is 2. The molecule has 0 spiro atoms. The van der Waals surface area contributed by atoms with E-state index < -0.39 is 0 Å². The molecule has 1 saturated carbocycles. The fourth-order valence-electron chi connectivity index (χ4n) is 5.31. The van der Waals surface area contributed by atoms with Crippen LogP contribution in [0.4, 0.5) is 10.1 Å². The maximum absolute atomic E-state index is 14.9. The average molecular weight is 431 g/mol. The fraction of sp³-hybridized carbons (Fsp3) is 0.667. The summed E-state index contributed by atoms with van der Waals surface area (Å²) in [7, 11) is 0. The van der Waals surface area contributed by atoms with E-state index in [4.69, 9.17) is 5.73 Å². The molecule has 6 nitrogen and oxygen atoms in total. The van der Waals surface area contributed by atoms with Crippen LogP contribution in [0.3, 0.4) is 0 Å². The van der Waals surface area contributed by atoms with E-state index in [9.17, 15) is 14.0 Å². The lowest BCUT2D eigenvalue weighted by atomic mass is 9.86. The molecule has 2 saturated heterocycles. The Kier molecular flexibility index (Phi) is 7.23. The number of carbonyl (C=O) groups excluding carboxylic acids is 2. The van der Waals surface area contributed by atoms with Gasteiger partial charge in [-0.1, -0.05) is 6.07 Å². The van der Waals surface area contributed by atoms with Crippen LogP contribution in [0.1, 0.15) is 62.8 Å². The van der Waals surface area contributed by atoms with Gasteiger partial charge in [-0.2, -0.15) is 0 Å². The predicted octanol–water partition coefficient (Wildman–Crippen LogP) is 2.67. The Labute approximate surface area is 184 Å². The Morgan fingerprint density at radius 3 is 2.19 bits per heavy atom. The van der Waals surface area contributed by atoms with Gasteiger partial charge in [-0.15, -0.1) is 0 Å². The highest BCUT2D eigenvalue weighted by Gasteiger charge is 2.28. The summed E-state index contributed by atoms with van der Waals surface area (Å²) < 4.78 is 14.9. The molecule has 0 aromatic heterocycles. The lowest BCUT2D eigenvalue weighted by Crippen LogP contribution is -2.39.